The van der Waals surface area contributed by atoms with Gasteiger partial charge in [0.05, 0.1) is 6.21 Å². The van der Waals surface area contributed by atoms with E-state index in [0.29, 0.717) is 0 Å². The third-order valence-corrected chi connectivity index (χ3v) is 1.70. The molecule has 1 nitrogen and oxygen atoms in total. The molecule has 1 unspecified atom stereocenters. The molecule has 1 heterocycles. The van der Waals surface area contributed by atoms with Gasteiger partial charge in [0, 0.05) is 6.54 Å². The summed E-state index contributed by atoms with van der Waals surface area (Å²) < 4.78 is 12.6. The summed E-state index contributed by atoms with van der Waals surface area (Å²) in [5, 5.41) is 0. The van der Waals surface area contributed by atoms with Crippen molar-refractivity contribution in [2.75, 3.05) is 6.54 Å². The van der Waals surface area contributed by atoms with Gasteiger partial charge < -0.3 is 0 Å². The Kier molecular flexibility index (Phi) is 1.65. The molecule has 0 aromatic carbocycles. The summed E-state index contributed by atoms with van der Waals surface area (Å²) in [6.45, 7) is 4.52. The van der Waals surface area contributed by atoms with Crippen LogP contribution in [0.4, 0.5) is 4.39 Å². The first-order chi connectivity index (χ1) is 4.22. The Balaban J connectivity index is 2.83. The fourth-order valence-electron chi connectivity index (χ4n) is 0.765. The van der Waals surface area contributed by atoms with Crippen LogP contribution in [0.2, 0.25) is 0 Å². The second-order valence-corrected chi connectivity index (χ2v) is 2.43. The minimum Gasteiger partial charge on any atom is -0.290 e. The van der Waals surface area contributed by atoms with Gasteiger partial charge in [-0.2, -0.15) is 0 Å². The number of hydrogen-bond donors (Lipinski definition) is 0. The fourth-order valence-corrected chi connectivity index (χ4v) is 0.765. The third kappa shape index (κ3) is 1.18. The summed E-state index contributed by atoms with van der Waals surface area (Å²) in [4.78, 5) is 3.83. The first kappa shape index (κ1) is 6.46. The van der Waals surface area contributed by atoms with Crippen LogP contribution in [0.25, 0.3) is 0 Å². The highest BCUT2D eigenvalue weighted by molar-refractivity contribution is 5.77. The zero-order chi connectivity index (χ0) is 6.85. The number of rotatable bonds is 0. The molecule has 0 spiro atoms. The van der Waals surface area contributed by atoms with Crippen LogP contribution in [0.1, 0.15) is 13.8 Å². The van der Waals surface area contributed by atoms with Crippen molar-refractivity contribution >= 4 is 6.21 Å². The van der Waals surface area contributed by atoms with Crippen LogP contribution in [0.15, 0.2) is 16.4 Å². The number of dihydropyridines is 1. The molecule has 0 N–H and O–H groups in total. The second kappa shape index (κ2) is 2.29. The molecule has 1 atom stereocenters. The lowest BCUT2D eigenvalue weighted by Crippen LogP contribution is -2.07. The second-order valence-electron chi connectivity index (χ2n) is 2.43. The first-order valence-electron chi connectivity index (χ1n) is 3.08. The summed E-state index contributed by atoms with van der Waals surface area (Å²) in [5.41, 5.74) is 0.824. The smallest absolute Gasteiger partial charge is 0.140 e. The minimum absolute atomic E-state index is 0.159. The van der Waals surface area contributed by atoms with Gasteiger partial charge in [-0.3, -0.25) is 4.99 Å². The average Bonchev–Trinajstić information content (AvgIpc) is 1.83. The van der Waals surface area contributed by atoms with Crippen LogP contribution in [0.5, 0.6) is 0 Å². The molecule has 50 valence electrons. The standard InChI is InChI=1S/C7H10FN/c1-5-3-9-4-7(8)6(5)2/h4-5H,3H2,1-2H3. The van der Waals surface area contributed by atoms with Gasteiger partial charge in [0.15, 0.2) is 0 Å². The predicted octanol–water partition coefficient (Wildman–Crippen LogP) is 1.95. The molecule has 1 rings (SSSR count). The molecular weight excluding hydrogens is 117 g/mol. The SMILES string of the molecule is CC1=C(F)C=NCC1C. The van der Waals surface area contributed by atoms with E-state index >= 15 is 0 Å². The Bertz CT molecular complexity index is 170. The maximum atomic E-state index is 12.6. The maximum absolute atomic E-state index is 12.6. The molecule has 0 saturated heterocycles. The van der Waals surface area contributed by atoms with Gasteiger partial charge >= 0.3 is 0 Å². The molecule has 0 aromatic rings. The summed E-state index contributed by atoms with van der Waals surface area (Å²) in [6, 6.07) is 0. The lowest BCUT2D eigenvalue weighted by atomic mass is 10.0. The fraction of sp³-hybridized carbons (Fsp3) is 0.571. The van der Waals surface area contributed by atoms with E-state index in [-0.39, 0.29) is 11.7 Å². The van der Waals surface area contributed by atoms with Gasteiger partial charge in [0.2, 0.25) is 0 Å². The van der Waals surface area contributed by atoms with E-state index < -0.39 is 0 Å². The zero-order valence-electron chi connectivity index (χ0n) is 5.69. The lowest BCUT2D eigenvalue weighted by Gasteiger charge is -2.12. The Hall–Kier alpha value is -0.660. The van der Waals surface area contributed by atoms with Crippen LogP contribution >= 0.6 is 0 Å². The molecular formula is C7H10FN. The normalized spacial score (nSPS) is 27.2. The van der Waals surface area contributed by atoms with Crippen molar-refractivity contribution in [1.82, 2.24) is 0 Å². The number of hydrogen-bond acceptors (Lipinski definition) is 1. The number of aliphatic imine (C=N–C) groups is 1. The van der Waals surface area contributed by atoms with E-state index in [1.165, 1.54) is 6.21 Å². The summed E-state index contributed by atoms with van der Waals surface area (Å²) in [6.07, 6.45) is 1.30. The van der Waals surface area contributed by atoms with Crippen molar-refractivity contribution in [3.05, 3.63) is 11.4 Å². The highest BCUT2D eigenvalue weighted by atomic mass is 19.1. The molecule has 0 aliphatic carbocycles. The van der Waals surface area contributed by atoms with E-state index in [9.17, 15) is 4.39 Å². The maximum Gasteiger partial charge on any atom is 0.140 e. The lowest BCUT2D eigenvalue weighted by molar-refractivity contribution is 0.599. The molecule has 2 heteroatoms. The van der Waals surface area contributed by atoms with Crippen LogP contribution < -0.4 is 0 Å². The Morgan fingerprint density at radius 1 is 1.78 bits per heavy atom. The molecule has 1 aliphatic rings. The van der Waals surface area contributed by atoms with Crippen molar-refractivity contribution in [3.63, 3.8) is 0 Å². The molecule has 0 fully saturated rings. The van der Waals surface area contributed by atoms with Crippen molar-refractivity contribution in [1.29, 1.82) is 0 Å². The monoisotopic (exact) mass is 127 g/mol. The molecule has 0 saturated carbocycles. The summed E-state index contributed by atoms with van der Waals surface area (Å²) in [7, 11) is 0. The van der Waals surface area contributed by atoms with Crippen LogP contribution in [-0.4, -0.2) is 12.8 Å². The third-order valence-electron chi connectivity index (χ3n) is 1.70. The molecule has 0 aromatic heterocycles. The van der Waals surface area contributed by atoms with Gasteiger partial charge in [-0.15, -0.1) is 0 Å². The van der Waals surface area contributed by atoms with Gasteiger partial charge in [-0.25, -0.2) is 4.39 Å². The number of halogens is 1. The van der Waals surface area contributed by atoms with E-state index in [2.05, 4.69) is 4.99 Å². The minimum atomic E-state index is -0.159. The highest BCUT2D eigenvalue weighted by Gasteiger charge is 2.11. The van der Waals surface area contributed by atoms with Gasteiger partial charge in [0.1, 0.15) is 5.83 Å². The van der Waals surface area contributed by atoms with Crippen molar-refractivity contribution in [2.45, 2.75) is 13.8 Å². The van der Waals surface area contributed by atoms with Gasteiger partial charge in [0.25, 0.3) is 0 Å². The molecule has 0 radical (unpaired) electrons. The van der Waals surface area contributed by atoms with Crippen LogP contribution in [-0.2, 0) is 0 Å². The molecule has 9 heavy (non-hydrogen) atoms. The Morgan fingerprint density at radius 2 is 2.44 bits per heavy atom. The largest absolute Gasteiger partial charge is 0.290 e. The van der Waals surface area contributed by atoms with E-state index in [0.717, 1.165) is 12.1 Å². The highest BCUT2D eigenvalue weighted by Crippen LogP contribution is 2.18. The molecule has 0 bridgehead atoms. The first-order valence-corrected chi connectivity index (χ1v) is 3.08. The predicted molar refractivity (Wildman–Crippen MR) is 36.3 cm³/mol. The van der Waals surface area contributed by atoms with Crippen molar-refractivity contribution in [2.24, 2.45) is 10.9 Å². The van der Waals surface area contributed by atoms with Crippen molar-refractivity contribution < 1.29 is 4.39 Å². The number of nitrogens with zero attached hydrogens (tertiary/aromatic N) is 1. The summed E-state index contributed by atoms with van der Waals surface area (Å²) >= 11 is 0. The van der Waals surface area contributed by atoms with Crippen molar-refractivity contribution in [3.8, 4) is 0 Å². The summed E-state index contributed by atoms with van der Waals surface area (Å²) in [5.74, 6) is 0.128. The molecule has 1 aliphatic heterocycles. The van der Waals surface area contributed by atoms with E-state index in [1.54, 1.807) is 0 Å². The van der Waals surface area contributed by atoms with E-state index in [4.69, 9.17) is 0 Å². The van der Waals surface area contributed by atoms with Crippen LogP contribution in [0.3, 0.4) is 0 Å². The number of allylic oxidation sites excluding steroid dienone is 1. The Morgan fingerprint density at radius 3 is 2.89 bits per heavy atom. The average molecular weight is 127 g/mol. The Labute approximate surface area is 54.3 Å². The quantitative estimate of drug-likeness (QED) is 0.471. The topological polar surface area (TPSA) is 12.4 Å². The zero-order valence-corrected chi connectivity index (χ0v) is 5.69. The van der Waals surface area contributed by atoms with Crippen LogP contribution in [0, 0.1) is 5.92 Å². The van der Waals surface area contributed by atoms with Gasteiger partial charge in [-0.1, -0.05) is 6.92 Å². The van der Waals surface area contributed by atoms with E-state index in [1.807, 2.05) is 13.8 Å². The molecule has 0 amide bonds. The van der Waals surface area contributed by atoms with Gasteiger partial charge in [-0.05, 0) is 18.4 Å².